The van der Waals surface area contributed by atoms with Gasteiger partial charge in [-0.25, -0.2) is 9.78 Å². The van der Waals surface area contributed by atoms with Crippen LogP contribution < -0.4 is 10.1 Å². The Morgan fingerprint density at radius 3 is 2.48 bits per heavy atom. The van der Waals surface area contributed by atoms with Crippen LogP contribution in [0.1, 0.15) is 32.9 Å². The zero-order chi connectivity index (χ0) is 22.5. The summed E-state index contributed by atoms with van der Waals surface area (Å²) in [6.07, 6.45) is 1.37. The quantitative estimate of drug-likeness (QED) is 0.507. The van der Waals surface area contributed by atoms with Crippen LogP contribution in [-0.2, 0) is 16.1 Å². The lowest BCUT2D eigenvalue weighted by Gasteiger charge is -2.10. The molecule has 3 aromatic rings. The maximum Gasteiger partial charge on any atom is 0.338 e. The van der Waals surface area contributed by atoms with E-state index in [9.17, 15) is 9.59 Å². The van der Waals surface area contributed by atoms with E-state index in [0.29, 0.717) is 28.7 Å². The minimum absolute atomic E-state index is 0.143. The summed E-state index contributed by atoms with van der Waals surface area (Å²) in [5.74, 6) is 0.168. The second kappa shape index (κ2) is 9.80. The van der Waals surface area contributed by atoms with Crippen LogP contribution in [0.25, 0.3) is 0 Å². The van der Waals surface area contributed by atoms with E-state index in [4.69, 9.17) is 37.2 Å². The molecular weight excluding hydrogens is 445 g/mol. The van der Waals surface area contributed by atoms with Gasteiger partial charge in [-0.15, -0.1) is 0 Å². The largest absolute Gasteiger partial charge is 0.489 e. The molecule has 1 amide bonds. The van der Waals surface area contributed by atoms with Crippen molar-refractivity contribution in [3.8, 4) is 5.75 Å². The van der Waals surface area contributed by atoms with Gasteiger partial charge >= 0.3 is 5.97 Å². The molecule has 0 saturated heterocycles. The second-order valence-electron chi connectivity index (χ2n) is 6.63. The lowest BCUT2D eigenvalue weighted by atomic mass is 10.2. The molecule has 0 aliphatic carbocycles. The number of amides is 1. The summed E-state index contributed by atoms with van der Waals surface area (Å²) in [6.45, 7) is 5.15. The van der Waals surface area contributed by atoms with Crippen molar-refractivity contribution in [3.05, 3.63) is 68.7 Å². The summed E-state index contributed by atoms with van der Waals surface area (Å²) in [6, 6.07) is 6.36. The number of aryl methyl sites for hydroxylation is 2. The number of hydrogen-bond donors (Lipinski definition) is 1. The van der Waals surface area contributed by atoms with Gasteiger partial charge < -0.3 is 19.3 Å². The van der Waals surface area contributed by atoms with Gasteiger partial charge in [0.1, 0.15) is 18.1 Å². The van der Waals surface area contributed by atoms with Crippen LogP contribution in [0.3, 0.4) is 0 Å². The fraction of sp³-hybridized carbons (Fsp3) is 0.238. The number of hydrogen-bond acceptors (Lipinski definition) is 7. The van der Waals surface area contributed by atoms with E-state index in [-0.39, 0.29) is 16.4 Å². The van der Waals surface area contributed by atoms with Crippen molar-refractivity contribution in [3.63, 3.8) is 0 Å². The fourth-order valence-corrected chi connectivity index (χ4v) is 2.97. The third-order valence-corrected chi connectivity index (χ3v) is 5.29. The number of halogens is 2. The molecule has 0 aliphatic heterocycles. The van der Waals surface area contributed by atoms with Gasteiger partial charge in [0.15, 0.2) is 12.4 Å². The molecule has 0 fully saturated rings. The van der Waals surface area contributed by atoms with E-state index in [2.05, 4.69) is 15.5 Å². The Morgan fingerprint density at radius 1 is 1.13 bits per heavy atom. The molecule has 3 rings (SSSR count). The molecule has 0 radical (unpaired) electrons. The topological polar surface area (TPSA) is 104 Å². The predicted octanol–water partition coefficient (Wildman–Crippen LogP) is 4.68. The summed E-state index contributed by atoms with van der Waals surface area (Å²) in [5, 5.41) is 6.96. The highest BCUT2D eigenvalue weighted by atomic mass is 35.5. The predicted molar refractivity (Wildman–Crippen MR) is 115 cm³/mol. The van der Waals surface area contributed by atoms with Crippen molar-refractivity contribution >= 4 is 40.9 Å². The average molecular weight is 464 g/mol. The Balaban J connectivity index is 1.51. The number of benzene rings is 1. The summed E-state index contributed by atoms with van der Waals surface area (Å²) in [5.41, 5.74) is 2.50. The zero-order valence-corrected chi connectivity index (χ0v) is 18.5. The maximum atomic E-state index is 12.2. The van der Waals surface area contributed by atoms with Gasteiger partial charge in [-0.05, 0) is 50.6 Å². The van der Waals surface area contributed by atoms with Crippen LogP contribution in [0.2, 0.25) is 10.0 Å². The first kappa shape index (κ1) is 22.6. The highest BCUT2D eigenvalue weighted by molar-refractivity contribution is 6.37. The van der Waals surface area contributed by atoms with Gasteiger partial charge in [-0.2, -0.15) is 0 Å². The van der Waals surface area contributed by atoms with Gasteiger partial charge in [0.05, 0.1) is 26.9 Å². The van der Waals surface area contributed by atoms with Gasteiger partial charge in [0.2, 0.25) is 0 Å². The number of nitrogens with zero attached hydrogens (tertiary/aromatic N) is 2. The van der Waals surface area contributed by atoms with Crippen molar-refractivity contribution in [1.29, 1.82) is 0 Å². The van der Waals surface area contributed by atoms with Crippen molar-refractivity contribution in [1.82, 2.24) is 10.1 Å². The molecule has 31 heavy (non-hydrogen) atoms. The number of carbonyl (C=O) groups excluding carboxylic acids is 2. The minimum Gasteiger partial charge on any atom is -0.489 e. The number of rotatable bonds is 7. The van der Waals surface area contributed by atoms with Gasteiger partial charge in [0.25, 0.3) is 5.91 Å². The Morgan fingerprint density at radius 2 is 1.84 bits per heavy atom. The van der Waals surface area contributed by atoms with E-state index in [0.717, 1.165) is 11.3 Å². The van der Waals surface area contributed by atoms with E-state index in [1.54, 1.807) is 31.2 Å². The number of esters is 1. The highest BCUT2D eigenvalue weighted by Gasteiger charge is 2.15. The molecule has 0 aliphatic rings. The molecule has 0 unspecified atom stereocenters. The first-order valence-corrected chi connectivity index (χ1v) is 9.94. The monoisotopic (exact) mass is 463 g/mol. The number of aromatic nitrogens is 2. The Kier molecular flexibility index (Phi) is 7.14. The van der Waals surface area contributed by atoms with Crippen LogP contribution in [0.15, 0.2) is 35.0 Å². The van der Waals surface area contributed by atoms with Crippen molar-refractivity contribution in [2.45, 2.75) is 27.4 Å². The molecule has 8 nitrogen and oxygen atoms in total. The van der Waals surface area contributed by atoms with E-state index < -0.39 is 18.5 Å². The Hall–Kier alpha value is -3.10. The fourth-order valence-electron chi connectivity index (χ4n) is 2.58. The highest BCUT2D eigenvalue weighted by Crippen LogP contribution is 2.28. The molecule has 0 bridgehead atoms. The second-order valence-corrected chi connectivity index (χ2v) is 7.42. The average Bonchev–Trinajstić information content (AvgIpc) is 3.08. The number of nitrogens with one attached hydrogen (secondary N) is 1. The van der Waals surface area contributed by atoms with Crippen LogP contribution in [0.5, 0.6) is 5.75 Å². The maximum absolute atomic E-state index is 12.2. The van der Waals surface area contributed by atoms with Gasteiger partial charge in [0, 0.05) is 6.20 Å². The van der Waals surface area contributed by atoms with Crippen molar-refractivity contribution in [2.24, 2.45) is 0 Å². The summed E-state index contributed by atoms with van der Waals surface area (Å²) in [4.78, 5) is 28.2. The van der Waals surface area contributed by atoms with Gasteiger partial charge in [-0.3, -0.25) is 4.79 Å². The van der Waals surface area contributed by atoms with Gasteiger partial charge in [-0.1, -0.05) is 28.4 Å². The molecule has 162 valence electrons. The summed E-state index contributed by atoms with van der Waals surface area (Å²) >= 11 is 12.0. The smallest absolute Gasteiger partial charge is 0.338 e. The first-order valence-electron chi connectivity index (χ1n) is 9.18. The van der Waals surface area contributed by atoms with E-state index in [1.165, 1.54) is 6.20 Å². The number of ether oxygens (including phenoxy) is 2. The minimum atomic E-state index is -0.654. The molecule has 0 atom stereocenters. The van der Waals surface area contributed by atoms with Crippen LogP contribution in [-0.4, -0.2) is 28.6 Å². The lowest BCUT2D eigenvalue weighted by molar-refractivity contribution is -0.119. The number of anilines is 1. The molecule has 1 N–H and O–H groups in total. The molecular formula is C21H19Cl2N3O5. The molecule has 0 saturated carbocycles. The number of pyridine rings is 1. The van der Waals surface area contributed by atoms with Crippen molar-refractivity contribution < 1.29 is 23.6 Å². The molecule has 1 aromatic carbocycles. The molecule has 0 spiro atoms. The number of carbonyl (C=O) groups is 2. The third kappa shape index (κ3) is 5.53. The molecule has 2 heterocycles. The zero-order valence-electron chi connectivity index (χ0n) is 17.0. The van der Waals surface area contributed by atoms with Crippen molar-refractivity contribution in [2.75, 3.05) is 11.9 Å². The molecule has 10 heteroatoms. The summed E-state index contributed by atoms with van der Waals surface area (Å²) in [7, 11) is 0. The van der Waals surface area contributed by atoms with Crippen LogP contribution in [0, 0.1) is 20.8 Å². The first-order chi connectivity index (χ1) is 14.8. The SMILES string of the molecule is Cc1noc(C)c1COc1ccc(C(=O)OCC(=O)Nc2ncc(Cl)c(C)c2Cl)cc1. The standard InChI is InChI=1S/C21H19Cl2N3O5/c1-11-17(22)8-24-20(19(11)23)25-18(27)10-30-21(28)14-4-6-15(7-5-14)29-9-16-12(2)26-31-13(16)3/h4-8H,9-10H2,1-3H3,(H,24,25,27). The van der Waals surface area contributed by atoms with E-state index >= 15 is 0 Å². The Bertz CT molecular complexity index is 1090. The third-order valence-electron chi connectivity index (χ3n) is 4.45. The Labute approximate surface area is 188 Å². The van der Waals surface area contributed by atoms with E-state index in [1.807, 2.05) is 13.8 Å². The van der Waals surface area contributed by atoms with Crippen LogP contribution >= 0.6 is 23.2 Å². The summed E-state index contributed by atoms with van der Waals surface area (Å²) < 4.78 is 15.8. The molecule has 2 aromatic heterocycles. The van der Waals surface area contributed by atoms with Crippen LogP contribution in [0.4, 0.5) is 5.82 Å². The normalized spacial score (nSPS) is 10.6. The lowest BCUT2D eigenvalue weighted by Crippen LogP contribution is -2.21.